The van der Waals surface area contributed by atoms with E-state index in [4.69, 9.17) is 0 Å². The summed E-state index contributed by atoms with van der Waals surface area (Å²) in [6.45, 7) is 4.52. The highest BCUT2D eigenvalue weighted by Crippen LogP contribution is 2.32. The zero-order valence-electron chi connectivity index (χ0n) is 28.9. The van der Waals surface area contributed by atoms with Gasteiger partial charge in [-0.05, 0) is 38.5 Å². The zero-order valence-corrected chi connectivity index (χ0v) is 29.9. The molecule has 0 fully saturated rings. The Hall–Kier alpha value is -0.570. The number of likely N-dealkylation sites (N-methyl/N-ethyl adjacent to an activating group) is 1. The van der Waals surface area contributed by atoms with Crippen LogP contribution in [0.4, 0.5) is 0 Å². The predicted octanol–water partition coefficient (Wildman–Crippen LogP) is 10.9. The van der Waals surface area contributed by atoms with Crippen molar-refractivity contribution in [2.24, 2.45) is 0 Å². The molecule has 0 aromatic heterocycles. The molecule has 0 spiro atoms. The quantitative estimate of drug-likeness (QED) is 0.0357. The van der Waals surface area contributed by atoms with Gasteiger partial charge in [0.05, 0.1) is 21.1 Å². The minimum atomic E-state index is -1.04. The maximum Gasteiger partial charge on any atom is 0.168 e. The van der Waals surface area contributed by atoms with Crippen LogP contribution in [0.1, 0.15) is 181 Å². The van der Waals surface area contributed by atoms with Gasteiger partial charge in [0, 0.05) is 21.4 Å². The highest BCUT2D eigenvalue weighted by molar-refractivity contribution is 7.58. The summed E-state index contributed by atoms with van der Waals surface area (Å²) in [5, 5.41) is 10.9. The van der Waals surface area contributed by atoms with Crippen LogP contribution in [0.2, 0.25) is 0 Å². The Balaban J connectivity index is 3.99. The molecule has 4 nitrogen and oxygen atoms in total. The molecule has 0 heterocycles. The van der Waals surface area contributed by atoms with Crippen LogP contribution in [0.5, 0.6) is 0 Å². The van der Waals surface area contributed by atoms with Crippen LogP contribution < -0.4 is 0 Å². The van der Waals surface area contributed by atoms with E-state index in [9.17, 15) is 14.7 Å². The van der Waals surface area contributed by atoms with Crippen LogP contribution in [0, 0.1) is 0 Å². The van der Waals surface area contributed by atoms with Gasteiger partial charge >= 0.3 is 0 Å². The van der Waals surface area contributed by atoms with Crippen molar-refractivity contribution in [1.29, 1.82) is 0 Å². The highest BCUT2D eigenvalue weighted by atomic mass is 31.1. The molecule has 0 aliphatic carbocycles. The van der Waals surface area contributed by atoms with Crippen LogP contribution in [-0.2, 0) is 9.59 Å². The predicted molar refractivity (Wildman–Crippen MR) is 187 cm³/mol. The summed E-state index contributed by atoms with van der Waals surface area (Å²) >= 11 is 0. The molecule has 248 valence electrons. The van der Waals surface area contributed by atoms with E-state index >= 15 is 0 Å². The Kier molecular flexibility index (Phi) is 28.8. The molecule has 0 aliphatic heterocycles. The van der Waals surface area contributed by atoms with Gasteiger partial charge in [0.15, 0.2) is 17.4 Å². The number of aliphatic hydroxyl groups is 1. The fourth-order valence-electron chi connectivity index (χ4n) is 5.58. The van der Waals surface area contributed by atoms with Crippen LogP contribution in [0.15, 0.2) is 12.2 Å². The number of hydrogen-bond acceptors (Lipinski definition) is 3. The number of hydrogen-bond donors (Lipinski definition) is 1. The SMILES string of the molecule is CCCCCCCC/C=C\CCCCCCCC(=O)PC(C(O)C(=O)CCCCCCCCCCCCC)[N+](C)(C)C. The molecule has 42 heavy (non-hydrogen) atoms. The van der Waals surface area contributed by atoms with Crippen molar-refractivity contribution in [3.8, 4) is 0 Å². The van der Waals surface area contributed by atoms with E-state index in [0.29, 0.717) is 17.3 Å². The second-order valence-electron chi connectivity index (χ2n) is 13.7. The number of quaternary nitrogens is 1. The van der Waals surface area contributed by atoms with Gasteiger partial charge in [-0.3, -0.25) is 9.59 Å². The van der Waals surface area contributed by atoms with E-state index in [1.54, 1.807) is 0 Å². The Morgan fingerprint density at radius 1 is 0.571 bits per heavy atom. The molecule has 0 saturated heterocycles. The molecule has 0 aromatic rings. The smallest absolute Gasteiger partial charge is 0.168 e. The van der Waals surface area contributed by atoms with Gasteiger partial charge in [-0.15, -0.1) is 0 Å². The van der Waals surface area contributed by atoms with Crippen LogP contribution in [0.3, 0.4) is 0 Å². The molecule has 0 aliphatic rings. The first-order valence-electron chi connectivity index (χ1n) is 18.2. The molecule has 3 atom stereocenters. The van der Waals surface area contributed by atoms with Crippen LogP contribution in [0.25, 0.3) is 0 Å². The van der Waals surface area contributed by atoms with Gasteiger partial charge in [0.25, 0.3) is 0 Å². The monoisotopic (exact) mass is 611 g/mol. The lowest BCUT2D eigenvalue weighted by Crippen LogP contribution is -2.52. The molecule has 1 N–H and O–H groups in total. The lowest BCUT2D eigenvalue weighted by Gasteiger charge is -2.36. The maximum atomic E-state index is 12.8. The van der Waals surface area contributed by atoms with Crippen molar-refractivity contribution in [1.82, 2.24) is 0 Å². The first-order chi connectivity index (χ1) is 20.2. The molecule has 3 unspecified atom stereocenters. The fourth-order valence-corrected chi connectivity index (χ4v) is 6.96. The molecule has 0 aromatic carbocycles. The summed E-state index contributed by atoms with van der Waals surface area (Å²) < 4.78 is 0.446. The maximum absolute atomic E-state index is 12.8. The van der Waals surface area contributed by atoms with Crippen molar-refractivity contribution >= 4 is 19.9 Å². The molecule has 0 bridgehead atoms. The number of ketones is 1. The summed E-state index contributed by atoms with van der Waals surface area (Å²) in [4.78, 5) is 25.6. The second-order valence-corrected chi connectivity index (χ2v) is 15.1. The van der Waals surface area contributed by atoms with E-state index in [2.05, 4.69) is 26.0 Å². The van der Waals surface area contributed by atoms with Crippen LogP contribution in [-0.4, -0.2) is 53.9 Å². The molecule has 0 amide bonds. The summed E-state index contributed by atoms with van der Waals surface area (Å²) in [6, 6.07) is 0. The molecular formula is C37H73NO3P+. The van der Waals surface area contributed by atoms with E-state index < -0.39 is 6.10 Å². The third-order valence-electron chi connectivity index (χ3n) is 8.46. The van der Waals surface area contributed by atoms with Gasteiger partial charge in [-0.2, -0.15) is 0 Å². The lowest BCUT2D eigenvalue weighted by molar-refractivity contribution is -0.883. The van der Waals surface area contributed by atoms with Crippen molar-refractivity contribution in [3.63, 3.8) is 0 Å². The minimum absolute atomic E-state index is 0.00956. The number of nitrogens with zero attached hydrogens (tertiary/aromatic N) is 1. The zero-order chi connectivity index (χ0) is 31.3. The normalized spacial score (nSPS) is 13.9. The van der Waals surface area contributed by atoms with Gasteiger partial charge in [0.1, 0.15) is 5.78 Å². The first kappa shape index (κ1) is 41.4. The Labute approximate surface area is 264 Å². The third kappa shape index (κ3) is 25.9. The van der Waals surface area contributed by atoms with Gasteiger partial charge < -0.3 is 9.59 Å². The van der Waals surface area contributed by atoms with Gasteiger partial charge in [-0.1, -0.05) is 142 Å². The standard InChI is InChI=1S/C37H73NO3P/c1-6-8-10-12-14-16-18-19-20-21-23-25-27-29-31-33-35(40)42-37(38(3,4)5)36(41)34(39)32-30-28-26-24-22-17-15-13-11-9-7-2/h19-20,36-37,41-42H,6-18,21-33H2,1-5H3/q+1/b20-19-. The average molecular weight is 611 g/mol. The fraction of sp³-hybridized carbons (Fsp3) is 0.892. The lowest BCUT2D eigenvalue weighted by atomic mass is 10.0. The van der Waals surface area contributed by atoms with E-state index in [-0.39, 0.29) is 25.7 Å². The molecular weight excluding hydrogens is 537 g/mol. The number of allylic oxidation sites excluding steroid dienone is 2. The largest absolute Gasteiger partial charge is 0.379 e. The van der Waals surface area contributed by atoms with Gasteiger partial charge in [0.2, 0.25) is 0 Å². The summed E-state index contributed by atoms with van der Waals surface area (Å²) in [6.07, 6.45) is 34.6. The van der Waals surface area contributed by atoms with Crippen molar-refractivity contribution in [3.05, 3.63) is 12.2 Å². The van der Waals surface area contributed by atoms with E-state index in [1.165, 1.54) is 128 Å². The van der Waals surface area contributed by atoms with Crippen molar-refractivity contribution in [2.45, 2.75) is 193 Å². The number of Topliss-reactive ketones (excluding diaryl/α,β-unsaturated/α-hetero) is 1. The van der Waals surface area contributed by atoms with Crippen molar-refractivity contribution < 1.29 is 19.2 Å². The topological polar surface area (TPSA) is 54.4 Å². The Morgan fingerprint density at radius 3 is 1.33 bits per heavy atom. The minimum Gasteiger partial charge on any atom is -0.379 e. The van der Waals surface area contributed by atoms with E-state index in [1.807, 2.05) is 21.1 Å². The second kappa shape index (κ2) is 29.2. The number of unbranched alkanes of at least 4 members (excludes halogenated alkanes) is 21. The van der Waals surface area contributed by atoms with Crippen molar-refractivity contribution in [2.75, 3.05) is 21.1 Å². The Morgan fingerprint density at radius 2 is 0.929 bits per heavy atom. The number of carbonyl (C=O) groups excluding carboxylic acids is 2. The summed E-state index contributed by atoms with van der Waals surface area (Å²) in [5.74, 6) is -0.411. The number of aliphatic hydroxyl groups excluding tert-OH is 1. The third-order valence-corrected chi connectivity index (χ3v) is 10.4. The molecule has 0 radical (unpaired) electrons. The average Bonchev–Trinajstić information content (AvgIpc) is 2.95. The molecule has 0 saturated carbocycles. The summed E-state index contributed by atoms with van der Waals surface area (Å²) in [5.41, 5.74) is 0.215. The first-order valence-corrected chi connectivity index (χ1v) is 19.3. The summed E-state index contributed by atoms with van der Waals surface area (Å²) in [7, 11) is 5.97. The van der Waals surface area contributed by atoms with Crippen LogP contribution >= 0.6 is 8.58 Å². The number of rotatable bonds is 32. The van der Waals surface area contributed by atoms with Gasteiger partial charge in [-0.25, -0.2) is 0 Å². The molecule has 0 rings (SSSR count). The highest BCUT2D eigenvalue weighted by Gasteiger charge is 2.37. The van der Waals surface area contributed by atoms with E-state index in [0.717, 1.165) is 25.7 Å². The Bertz CT molecular complexity index is 658. The number of carbonyl (C=O) groups is 2. The molecule has 5 heteroatoms.